The Morgan fingerprint density at radius 2 is 1.65 bits per heavy atom. The summed E-state index contributed by atoms with van der Waals surface area (Å²) in [6.07, 6.45) is 7.53. The Labute approximate surface area is 140 Å². The lowest BCUT2D eigenvalue weighted by molar-refractivity contribution is -0.197. The Hall–Kier alpha value is -0.120. The van der Waals surface area contributed by atoms with Crippen molar-refractivity contribution in [3.8, 4) is 0 Å². The van der Waals surface area contributed by atoms with Crippen LogP contribution in [-0.4, -0.2) is 33.1 Å². The van der Waals surface area contributed by atoms with Crippen molar-refractivity contribution in [3.05, 3.63) is 0 Å². The van der Waals surface area contributed by atoms with Crippen LogP contribution >= 0.6 is 0 Å². The molecule has 0 bridgehead atoms. The highest BCUT2D eigenvalue weighted by molar-refractivity contribution is 5.15. The number of hydrogen-bond acceptors (Lipinski definition) is 3. The average molecular weight is 322 g/mol. The summed E-state index contributed by atoms with van der Waals surface area (Å²) < 4.78 is 0. The van der Waals surface area contributed by atoms with Crippen molar-refractivity contribution in [3.63, 3.8) is 0 Å². The Morgan fingerprint density at radius 3 is 2.39 bits per heavy atom. The van der Waals surface area contributed by atoms with Crippen LogP contribution in [0.5, 0.6) is 0 Å². The lowest BCUT2D eigenvalue weighted by Gasteiger charge is -2.62. The van der Waals surface area contributed by atoms with Gasteiger partial charge in [0.05, 0.1) is 17.8 Å². The maximum Gasteiger partial charge on any atom is 0.0676 e. The van der Waals surface area contributed by atoms with E-state index in [1.54, 1.807) is 0 Å². The van der Waals surface area contributed by atoms with Gasteiger partial charge in [-0.3, -0.25) is 0 Å². The SMILES string of the molecule is C[C@]12CC[C@@H](O)C[C@H]1CC[C@@H]1[C@@H]2[C@H](O)C[C@@]2(C)[C@H]1CC[C@@]2(C)O. The highest BCUT2D eigenvalue weighted by Crippen LogP contribution is 2.68. The molecule has 4 aliphatic rings. The lowest BCUT2D eigenvalue weighted by Crippen LogP contribution is -2.61. The molecular weight excluding hydrogens is 288 g/mol. The molecule has 0 spiro atoms. The molecule has 0 aromatic heterocycles. The van der Waals surface area contributed by atoms with E-state index in [1.165, 1.54) is 12.8 Å². The van der Waals surface area contributed by atoms with Gasteiger partial charge in [-0.2, -0.15) is 0 Å². The quantitative estimate of drug-likeness (QED) is 0.642. The van der Waals surface area contributed by atoms with Crippen molar-refractivity contribution >= 4 is 0 Å². The fraction of sp³-hybridized carbons (Fsp3) is 1.00. The van der Waals surface area contributed by atoms with E-state index in [9.17, 15) is 15.3 Å². The van der Waals surface area contributed by atoms with E-state index in [0.29, 0.717) is 23.7 Å². The van der Waals surface area contributed by atoms with E-state index in [1.807, 2.05) is 6.92 Å². The lowest BCUT2D eigenvalue weighted by atomic mass is 9.43. The molecule has 3 N–H and O–H groups in total. The third kappa shape index (κ3) is 2.05. The summed E-state index contributed by atoms with van der Waals surface area (Å²) in [5.74, 6) is 2.03. The molecule has 4 saturated carbocycles. The molecular formula is C20H34O3. The summed E-state index contributed by atoms with van der Waals surface area (Å²) in [4.78, 5) is 0. The van der Waals surface area contributed by atoms with Gasteiger partial charge >= 0.3 is 0 Å². The molecule has 3 nitrogen and oxygen atoms in total. The molecule has 0 amide bonds. The molecule has 9 atom stereocenters. The fourth-order valence-electron chi connectivity index (χ4n) is 7.58. The van der Waals surface area contributed by atoms with E-state index < -0.39 is 5.60 Å². The smallest absolute Gasteiger partial charge is 0.0676 e. The van der Waals surface area contributed by atoms with Crippen LogP contribution in [-0.2, 0) is 0 Å². The molecule has 0 radical (unpaired) electrons. The zero-order chi connectivity index (χ0) is 16.6. The number of aliphatic hydroxyl groups excluding tert-OH is 2. The van der Waals surface area contributed by atoms with Gasteiger partial charge in [0.2, 0.25) is 0 Å². The average Bonchev–Trinajstić information content (AvgIpc) is 2.69. The molecule has 4 fully saturated rings. The van der Waals surface area contributed by atoms with Gasteiger partial charge in [0, 0.05) is 5.41 Å². The van der Waals surface area contributed by atoms with Crippen LogP contribution in [0, 0.1) is 34.5 Å². The Kier molecular flexibility index (Phi) is 3.52. The monoisotopic (exact) mass is 322 g/mol. The summed E-state index contributed by atoms with van der Waals surface area (Å²) in [6.45, 7) is 6.60. The number of fused-ring (bicyclic) bond motifs is 5. The second-order valence-corrected chi connectivity index (χ2v) is 10.0. The van der Waals surface area contributed by atoms with Crippen LogP contribution in [0.3, 0.4) is 0 Å². The van der Waals surface area contributed by atoms with Crippen molar-refractivity contribution < 1.29 is 15.3 Å². The Morgan fingerprint density at radius 1 is 0.913 bits per heavy atom. The van der Waals surface area contributed by atoms with Crippen molar-refractivity contribution in [1.29, 1.82) is 0 Å². The Balaban J connectivity index is 1.69. The third-order valence-corrected chi connectivity index (χ3v) is 9.13. The van der Waals surface area contributed by atoms with Crippen molar-refractivity contribution in [2.45, 2.75) is 89.9 Å². The zero-order valence-corrected chi connectivity index (χ0v) is 15.0. The summed E-state index contributed by atoms with van der Waals surface area (Å²) >= 11 is 0. The molecule has 0 heterocycles. The van der Waals surface area contributed by atoms with Crippen LogP contribution < -0.4 is 0 Å². The number of aliphatic hydroxyl groups is 3. The van der Waals surface area contributed by atoms with E-state index >= 15 is 0 Å². The largest absolute Gasteiger partial charge is 0.393 e. The maximum atomic E-state index is 11.1. The van der Waals surface area contributed by atoms with Gasteiger partial charge in [-0.15, -0.1) is 0 Å². The highest BCUT2D eigenvalue weighted by atomic mass is 16.3. The minimum atomic E-state index is -0.635. The predicted molar refractivity (Wildman–Crippen MR) is 89.7 cm³/mol. The van der Waals surface area contributed by atoms with E-state index in [0.717, 1.165) is 38.5 Å². The molecule has 4 rings (SSSR count). The van der Waals surface area contributed by atoms with Crippen molar-refractivity contribution in [1.82, 2.24) is 0 Å². The molecule has 0 aromatic rings. The zero-order valence-electron chi connectivity index (χ0n) is 15.0. The van der Waals surface area contributed by atoms with Gasteiger partial charge in [0.25, 0.3) is 0 Å². The van der Waals surface area contributed by atoms with Crippen LogP contribution in [0.15, 0.2) is 0 Å². The standard InChI is InChI=1S/C20H34O3/c1-18-8-6-13(21)10-12(18)4-5-14-15-7-9-20(3,23)19(15,2)11-16(22)17(14)18/h12-17,21-23H,4-11H2,1-3H3/t12-,13-,14+,15+,16-,17-,18+,19+,20-/m1/s1. The maximum absolute atomic E-state index is 11.1. The first-order chi connectivity index (χ1) is 10.7. The first-order valence-corrected chi connectivity index (χ1v) is 9.77. The number of rotatable bonds is 0. The summed E-state index contributed by atoms with van der Waals surface area (Å²) in [6, 6.07) is 0. The summed E-state index contributed by atoms with van der Waals surface area (Å²) in [7, 11) is 0. The van der Waals surface area contributed by atoms with Gasteiger partial charge in [-0.05, 0) is 87.4 Å². The molecule has 0 saturated heterocycles. The molecule has 0 aromatic carbocycles. The van der Waals surface area contributed by atoms with Gasteiger partial charge in [0.15, 0.2) is 0 Å². The van der Waals surface area contributed by atoms with E-state index in [-0.39, 0.29) is 23.0 Å². The molecule has 0 unspecified atom stereocenters. The minimum Gasteiger partial charge on any atom is -0.393 e. The van der Waals surface area contributed by atoms with Gasteiger partial charge in [-0.1, -0.05) is 13.8 Å². The molecule has 4 aliphatic carbocycles. The second-order valence-electron chi connectivity index (χ2n) is 10.0. The van der Waals surface area contributed by atoms with Gasteiger partial charge < -0.3 is 15.3 Å². The Bertz CT molecular complexity index is 489. The van der Waals surface area contributed by atoms with Crippen LogP contribution in [0.1, 0.15) is 72.1 Å². The van der Waals surface area contributed by atoms with Gasteiger partial charge in [0.1, 0.15) is 0 Å². The topological polar surface area (TPSA) is 60.7 Å². The van der Waals surface area contributed by atoms with Gasteiger partial charge in [-0.25, -0.2) is 0 Å². The van der Waals surface area contributed by atoms with E-state index in [4.69, 9.17) is 0 Å². The van der Waals surface area contributed by atoms with Crippen molar-refractivity contribution in [2.75, 3.05) is 0 Å². The summed E-state index contributed by atoms with van der Waals surface area (Å²) in [5.41, 5.74) is -0.591. The van der Waals surface area contributed by atoms with E-state index in [2.05, 4.69) is 13.8 Å². The second kappa shape index (κ2) is 4.95. The van der Waals surface area contributed by atoms with Crippen LogP contribution in [0.2, 0.25) is 0 Å². The molecule has 132 valence electrons. The highest BCUT2D eigenvalue weighted by Gasteiger charge is 2.65. The molecule has 0 aliphatic heterocycles. The minimum absolute atomic E-state index is 0.134. The molecule has 3 heteroatoms. The normalized spacial score (nSPS) is 62.3. The first-order valence-electron chi connectivity index (χ1n) is 9.77. The van der Waals surface area contributed by atoms with Crippen molar-refractivity contribution in [2.24, 2.45) is 34.5 Å². The summed E-state index contributed by atoms with van der Waals surface area (Å²) in [5, 5.41) is 32.2. The predicted octanol–water partition coefficient (Wildman–Crippen LogP) is 3.11. The van der Waals surface area contributed by atoms with Crippen LogP contribution in [0.25, 0.3) is 0 Å². The fourth-order valence-corrected chi connectivity index (χ4v) is 7.58. The number of hydrogen-bond donors (Lipinski definition) is 3. The third-order valence-electron chi connectivity index (χ3n) is 9.13. The molecule has 23 heavy (non-hydrogen) atoms. The van der Waals surface area contributed by atoms with Crippen LogP contribution in [0.4, 0.5) is 0 Å². The first kappa shape index (κ1) is 16.4.